The Morgan fingerprint density at radius 3 is 2.58 bits per heavy atom. The van der Waals surface area contributed by atoms with Crippen molar-refractivity contribution in [2.45, 2.75) is 37.1 Å². The van der Waals surface area contributed by atoms with E-state index in [-0.39, 0.29) is 0 Å². The van der Waals surface area contributed by atoms with Crippen LogP contribution in [0, 0.1) is 0 Å². The van der Waals surface area contributed by atoms with Crippen molar-refractivity contribution in [3.63, 3.8) is 0 Å². The van der Waals surface area contributed by atoms with Crippen LogP contribution in [-0.2, 0) is 9.47 Å². The Kier molecular flexibility index (Phi) is 5.20. The van der Waals surface area contributed by atoms with Crippen LogP contribution in [0.4, 0.5) is 0 Å². The van der Waals surface area contributed by atoms with Crippen molar-refractivity contribution in [3.05, 3.63) is 35.9 Å². The van der Waals surface area contributed by atoms with E-state index in [0.717, 1.165) is 5.75 Å². The summed E-state index contributed by atoms with van der Waals surface area (Å²) in [6, 6.07) is 8.80. The Morgan fingerprint density at radius 1 is 1.26 bits per heavy atom. The number of benzene rings is 1. The first-order chi connectivity index (χ1) is 9.13. The molecule has 2 rings (SSSR count). The van der Waals surface area contributed by atoms with Crippen molar-refractivity contribution < 1.29 is 24.8 Å². The highest BCUT2D eigenvalue weighted by Crippen LogP contribution is 2.32. The molecule has 0 spiro atoms. The van der Waals surface area contributed by atoms with E-state index in [1.165, 1.54) is 11.8 Å². The van der Waals surface area contributed by atoms with Gasteiger partial charge in [-0.1, -0.05) is 37.3 Å². The van der Waals surface area contributed by atoms with E-state index in [1.807, 2.05) is 13.0 Å². The molecule has 0 saturated carbocycles. The minimum absolute atomic E-state index is 0.534. The molecule has 0 bridgehead atoms. The highest BCUT2D eigenvalue weighted by atomic mass is 32.2. The van der Waals surface area contributed by atoms with E-state index in [2.05, 4.69) is 0 Å². The number of ether oxygens (including phenoxy) is 2. The normalized spacial score (nSPS) is 32.4. The van der Waals surface area contributed by atoms with Crippen LogP contribution in [0.1, 0.15) is 18.8 Å². The molecule has 1 heterocycles. The zero-order chi connectivity index (χ0) is 13.8. The largest absolute Gasteiger partial charge is 0.387 e. The zero-order valence-corrected chi connectivity index (χ0v) is 11.4. The van der Waals surface area contributed by atoms with Gasteiger partial charge < -0.3 is 24.8 Å². The average molecular weight is 286 g/mol. The lowest BCUT2D eigenvalue weighted by Crippen LogP contribution is -2.33. The summed E-state index contributed by atoms with van der Waals surface area (Å²) in [4.78, 5) is 0. The van der Waals surface area contributed by atoms with Crippen molar-refractivity contribution in [2.24, 2.45) is 0 Å². The molecular formula is C13H18O5S. The Bertz CT molecular complexity index is 388. The zero-order valence-electron chi connectivity index (χ0n) is 10.5. The maximum absolute atomic E-state index is 9.90. The second-order valence-electron chi connectivity index (χ2n) is 4.21. The fourth-order valence-corrected chi connectivity index (χ4v) is 2.73. The second-order valence-corrected chi connectivity index (χ2v) is 5.58. The Morgan fingerprint density at radius 2 is 1.95 bits per heavy atom. The minimum atomic E-state index is -1.20. The van der Waals surface area contributed by atoms with Crippen molar-refractivity contribution in [2.75, 3.05) is 5.75 Å². The molecule has 1 aliphatic heterocycles. The van der Waals surface area contributed by atoms with Crippen molar-refractivity contribution in [1.82, 2.24) is 0 Å². The maximum atomic E-state index is 9.90. The first-order valence-electron chi connectivity index (χ1n) is 6.15. The van der Waals surface area contributed by atoms with E-state index in [4.69, 9.17) is 9.47 Å². The topological polar surface area (TPSA) is 79.2 Å². The number of hydrogen-bond acceptors (Lipinski definition) is 6. The summed E-state index contributed by atoms with van der Waals surface area (Å²) in [5.74, 6) is 0.752. The lowest BCUT2D eigenvalue weighted by atomic mass is 10.2. The smallest absolute Gasteiger partial charge is 0.191 e. The van der Waals surface area contributed by atoms with Gasteiger partial charge >= 0.3 is 0 Å². The Balaban J connectivity index is 1.96. The molecule has 1 saturated heterocycles. The molecule has 0 aliphatic carbocycles. The van der Waals surface area contributed by atoms with Gasteiger partial charge in [0.15, 0.2) is 12.6 Å². The molecule has 1 aliphatic rings. The van der Waals surface area contributed by atoms with E-state index < -0.39 is 30.2 Å². The predicted molar refractivity (Wildman–Crippen MR) is 71.3 cm³/mol. The van der Waals surface area contributed by atoms with Gasteiger partial charge in [-0.15, -0.1) is 11.8 Å². The molecule has 0 aromatic heterocycles. The summed E-state index contributed by atoms with van der Waals surface area (Å²) in [6.07, 6.45) is -4.41. The van der Waals surface area contributed by atoms with Crippen molar-refractivity contribution in [1.29, 1.82) is 0 Å². The molecular weight excluding hydrogens is 268 g/mol. The molecule has 1 aromatic carbocycles. The fraction of sp³-hybridized carbons (Fsp3) is 0.538. The Hall–Kier alpha value is -0.630. The van der Waals surface area contributed by atoms with E-state index in [0.29, 0.717) is 5.56 Å². The molecule has 19 heavy (non-hydrogen) atoms. The second kappa shape index (κ2) is 6.69. The minimum Gasteiger partial charge on any atom is -0.387 e. The third kappa shape index (κ3) is 3.47. The molecule has 0 amide bonds. The number of aliphatic hydroxyl groups is 3. The van der Waals surface area contributed by atoms with Gasteiger partial charge in [0.2, 0.25) is 0 Å². The van der Waals surface area contributed by atoms with Gasteiger partial charge in [0.05, 0.1) is 0 Å². The number of aliphatic hydroxyl groups excluding tert-OH is 3. The monoisotopic (exact) mass is 286 g/mol. The van der Waals surface area contributed by atoms with Crippen LogP contribution < -0.4 is 0 Å². The van der Waals surface area contributed by atoms with E-state index >= 15 is 0 Å². The first kappa shape index (κ1) is 14.8. The maximum Gasteiger partial charge on any atom is 0.191 e. The fourth-order valence-electron chi connectivity index (χ4n) is 1.85. The summed E-state index contributed by atoms with van der Waals surface area (Å²) >= 11 is 1.38. The number of hydrogen-bond donors (Lipinski definition) is 3. The molecule has 1 fully saturated rings. The van der Waals surface area contributed by atoms with Crippen LogP contribution in [0.25, 0.3) is 0 Å². The highest BCUT2D eigenvalue weighted by molar-refractivity contribution is 7.99. The first-order valence-corrected chi connectivity index (χ1v) is 7.20. The summed E-state index contributed by atoms with van der Waals surface area (Å²) in [6.45, 7) is 1.93. The van der Waals surface area contributed by atoms with Crippen LogP contribution in [0.3, 0.4) is 0 Å². The molecule has 0 radical (unpaired) electrons. The van der Waals surface area contributed by atoms with Crippen LogP contribution in [0.2, 0.25) is 0 Å². The lowest BCUT2D eigenvalue weighted by molar-refractivity contribution is -0.240. The molecule has 5 atom stereocenters. The van der Waals surface area contributed by atoms with Gasteiger partial charge in [0.25, 0.3) is 0 Å². The summed E-state index contributed by atoms with van der Waals surface area (Å²) in [5.41, 5.74) is 0.0346. The van der Waals surface area contributed by atoms with Gasteiger partial charge in [-0.05, 0) is 5.75 Å². The highest BCUT2D eigenvalue weighted by Gasteiger charge is 2.44. The number of rotatable bonds is 5. The molecule has 106 valence electrons. The van der Waals surface area contributed by atoms with Crippen molar-refractivity contribution in [3.8, 4) is 0 Å². The van der Waals surface area contributed by atoms with Crippen LogP contribution in [-0.4, -0.2) is 45.0 Å². The lowest BCUT2D eigenvalue weighted by Gasteiger charge is -2.19. The number of thioether (sulfide) groups is 1. The van der Waals surface area contributed by atoms with Crippen LogP contribution in [0.5, 0.6) is 0 Å². The summed E-state index contributed by atoms with van der Waals surface area (Å²) < 4.78 is 10.7. The third-order valence-electron chi connectivity index (χ3n) is 2.85. The van der Waals surface area contributed by atoms with Crippen molar-refractivity contribution >= 4 is 11.8 Å². The van der Waals surface area contributed by atoms with E-state index in [1.54, 1.807) is 24.3 Å². The quantitative estimate of drug-likeness (QED) is 0.697. The van der Waals surface area contributed by atoms with Gasteiger partial charge in [-0.25, -0.2) is 0 Å². The molecule has 5 unspecified atom stereocenters. The standard InChI is InChI=1S/C13H18O5S/c1-2-19-13-10(15)9(14)12(18-13)17-11(16)8-6-4-3-5-7-8/h3-7,9-16H,2H2,1H3. The van der Waals surface area contributed by atoms with Gasteiger partial charge in [-0.2, -0.15) is 0 Å². The molecule has 6 heteroatoms. The summed E-state index contributed by atoms with van der Waals surface area (Å²) in [7, 11) is 0. The van der Waals surface area contributed by atoms with E-state index in [9.17, 15) is 15.3 Å². The van der Waals surface area contributed by atoms with Gasteiger partial charge in [-0.3, -0.25) is 0 Å². The van der Waals surface area contributed by atoms with Gasteiger partial charge in [0, 0.05) is 5.56 Å². The third-order valence-corrected chi connectivity index (χ3v) is 3.91. The average Bonchev–Trinajstić information content (AvgIpc) is 2.69. The predicted octanol–water partition coefficient (Wildman–Crippen LogP) is 0.851. The SMILES string of the molecule is CCSC1OC(OC(O)c2ccccc2)C(O)C1O. The molecule has 3 N–H and O–H groups in total. The Labute approximate surface area is 116 Å². The van der Waals surface area contributed by atoms with Crippen LogP contribution in [0.15, 0.2) is 30.3 Å². The van der Waals surface area contributed by atoms with Crippen LogP contribution >= 0.6 is 11.8 Å². The summed E-state index contributed by atoms with van der Waals surface area (Å²) in [5, 5.41) is 29.5. The van der Waals surface area contributed by atoms with Gasteiger partial charge in [0.1, 0.15) is 17.6 Å². The molecule has 5 nitrogen and oxygen atoms in total. The molecule has 1 aromatic rings.